The molecule has 4 nitrogen and oxygen atoms in total. The standard InChI is InChI=1S/C11H14ClF2NO3/c12-7-1-2-10(18-6-11(13)14)9(3-7)15-4-8(17)5-16/h1-3,8,11,15-17H,4-6H2. The molecule has 0 spiro atoms. The maximum absolute atomic E-state index is 12.1. The van der Waals surface area contributed by atoms with Gasteiger partial charge in [-0.2, -0.15) is 0 Å². The van der Waals surface area contributed by atoms with E-state index in [1.165, 1.54) is 18.2 Å². The summed E-state index contributed by atoms with van der Waals surface area (Å²) in [7, 11) is 0. The van der Waals surface area contributed by atoms with Crippen molar-refractivity contribution in [2.45, 2.75) is 12.5 Å². The van der Waals surface area contributed by atoms with E-state index in [1.54, 1.807) is 0 Å². The number of hydrogen-bond donors (Lipinski definition) is 3. The zero-order valence-corrected chi connectivity index (χ0v) is 10.2. The van der Waals surface area contributed by atoms with Crippen LogP contribution in [0.5, 0.6) is 5.75 Å². The SMILES string of the molecule is OCC(O)CNc1cc(Cl)ccc1OCC(F)F. The molecule has 1 aromatic carbocycles. The number of hydrogen-bond acceptors (Lipinski definition) is 4. The lowest BCUT2D eigenvalue weighted by Gasteiger charge is -2.15. The third-order valence-electron chi connectivity index (χ3n) is 2.05. The molecule has 0 aliphatic heterocycles. The molecule has 7 heteroatoms. The number of nitrogens with one attached hydrogen (secondary N) is 1. The number of benzene rings is 1. The van der Waals surface area contributed by atoms with Crippen molar-refractivity contribution in [2.24, 2.45) is 0 Å². The molecule has 18 heavy (non-hydrogen) atoms. The third kappa shape index (κ3) is 5.03. The first-order valence-corrected chi connectivity index (χ1v) is 5.64. The van der Waals surface area contributed by atoms with Crippen LogP contribution in [0.3, 0.4) is 0 Å². The number of rotatable bonds is 7. The minimum absolute atomic E-state index is 0.0574. The zero-order valence-electron chi connectivity index (χ0n) is 9.44. The van der Waals surface area contributed by atoms with E-state index in [0.717, 1.165) is 0 Å². The van der Waals surface area contributed by atoms with E-state index in [-0.39, 0.29) is 12.3 Å². The van der Waals surface area contributed by atoms with Gasteiger partial charge in [0, 0.05) is 11.6 Å². The van der Waals surface area contributed by atoms with Gasteiger partial charge in [0.05, 0.1) is 18.4 Å². The Labute approximate surface area is 108 Å². The second-order valence-electron chi connectivity index (χ2n) is 3.56. The van der Waals surface area contributed by atoms with E-state index in [9.17, 15) is 13.9 Å². The van der Waals surface area contributed by atoms with Crippen LogP contribution in [0.2, 0.25) is 5.02 Å². The molecular weight excluding hydrogens is 268 g/mol. The predicted molar refractivity (Wildman–Crippen MR) is 64.5 cm³/mol. The molecule has 1 aromatic rings. The molecule has 0 aromatic heterocycles. The summed E-state index contributed by atoms with van der Waals surface area (Å²) in [4.78, 5) is 0. The molecular formula is C11H14ClF2NO3. The smallest absolute Gasteiger partial charge is 0.272 e. The van der Waals surface area contributed by atoms with E-state index in [4.69, 9.17) is 21.4 Å². The monoisotopic (exact) mass is 281 g/mol. The van der Waals surface area contributed by atoms with Crippen molar-refractivity contribution in [3.8, 4) is 5.75 Å². The Balaban J connectivity index is 2.70. The molecule has 102 valence electrons. The van der Waals surface area contributed by atoms with Crippen LogP contribution in [-0.4, -0.2) is 42.5 Å². The highest BCUT2D eigenvalue weighted by Crippen LogP contribution is 2.28. The third-order valence-corrected chi connectivity index (χ3v) is 2.28. The number of halogens is 3. The quantitative estimate of drug-likeness (QED) is 0.713. The molecule has 0 radical (unpaired) electrons. The van der Waals surface area contributed by atoms with Crippen LogP contribution in [-0.2, 0) is 0 Å². The van der Waals surface area contributed by atoms with Gasteiger partial charge < -0.3 is 20.3 Å². The van der Waals surface area contributed by atoms with Crippen molar-refractivity contribution in [3.05, 3.63) is 23.2 Å². The minimum Gasteiger partial charge on any atom is -0.485 e. The normalized spacial score (nSPS) is 12.6. The van der Waals surface area contributed by atoms with Gasteiger partial charge in [0.1, 0.15) is 12.4 Å². The number of aliphatic hydroxyl groups is 2. The molecule has 0 bridgehead atoms. The predicted octanol–water partition coefficient (Wildman–Crippen LogP) is 1.75. The first-order chi connectivity index (χ1) is 8.52. The molecule has 1 atom stereocenters. The summed E-state index contributed by atoms with van der Waals surface area (Å²) in [6.07, 6.45) is -3.52. The Bertz CT molecular complexity index is 379. The first kappa shape index (κ1) is 14.9. The molecule has 1 rings (SSSR count). The van der Waals surface area contributed by atoms with Gasteiger partial charge in [0.2, 0.25) is 0 Å². The van der Waals surface area contributed by atoms with E-state index in [2.05, 4.69) is 5.32 Å². The minimum atomic E-state index is -2.57. The van der Waals surface area contributed by atoms with Gasteiger partial charge in [-0.15, -0.1) is 0 Å². The maximum atomic E-state index is 12.1. The summed E-state index contributed by atoms with van der Waals surface area (Å²) < 4.78 is 29.0. The fraction of sp³-hybridized carbons (Fsp3) is 0.455. The number of ether oxygens (including phenoxy) is 1. The van der Waals surface area contributed by atoms with Gasteiger partial charge in [-0.3, -0.25) is 0 Å². The lowest BCUT2D eigenvalue weighted by atomic mass is 10.2. The Morgan fingerprint density at radius 2 is 2.11 bits per heavy atom. The van der Waals surface area contributed by atoms with E-state index in [1.807, 2.05) is 0 Å². The molecule has 0 heterocycles. The average Bonchev–Trinajstić information content (AvgIpc) is 2.34. The van der Waals surface area contributed by atoms with Crippen LogP contribution < -0.4 is 10.1 Å². The zero-order chi connectivity index (χ0) is 13.5. The summed E-state index contributed by atoms with van der Waals surface area (Å²) in [5, 5.41) is 21.0. The van der Waals surface area contributed by atoms with Crippen LogP contribution in [0.15, 0.2) is 18.2 Å². The van der Waals surface area contributed by atoms with E-state index >= 15 is 0 Å². The molecule has 0 aliphatic carbocycles. The molecule has 0 saturated heterocycles. The molecule has 0 amide bonds. The average molecular weight is 282 g/mol. The highest BCUT2D eigenvalue weighted by molar-refractivity contribution is 6.30. The van der Waals surface area contributed by atoms with Crippen molar-refractivity contribution < 1.29 is 23.7 Å². The van der Waals surface area contributed by atoms with Crippen molar-refractivity contribution in [1.82, 2.24) is 0 Å². The number of alkyl halides is 2. The topological polar surface area (TPSA) is 61.7 Å². The summed E-state index contributed by atoms with van der Waals surface area (Å²) in [6.45, 7) is -1.07. The van der Waals surface area contributed by atoms with Crippen LogP contribution >= 0.6 is 11.6 Å². The van der Waals surface area contributed by atoms with Gasteiger partial charge in [-0.25, -0.2) is 8.78 Å². The molecule has 0 aliphatic rings. The second kappa shape index (κ2) is 7.35. The van der Waals surface area contributed by atoms with Crippen molar-refractivity contribution in [3.63, 3.8) is 0 Å². The number of anilines is 1. The molecule has 1 unspecified atom stereocenters. The first-order valence-electron chi connectivity index (χ1n) is 5.26. The Kier molecular flexibility index (Phi) is 6.11. The van der Waals surface area contributed by atoms with Crippen molar-refractivity contribution >= 4 is 17.3 Å². The molecule has 3 N–H and O–H groups in total. The number of aliphatic hydroxyl groups excluding tert-OH is 2. The molecule has 0 fully saturated rings. The lowest BCUT2D eigenvalue weighted by Crippen LogP contribution is -2.23. The van der Waals surface area contributed by atoms with Crippen LogP contribution in [0.1, 0.15) is 0 Å². The summed E-state index contributed by atoms with van der Waals surface area (Å²) >= 11 is 5.77. The lowest BCUT2D eigenvalue weighted by molar-refractivity contribution is 0.0820. The van der Waals surface area contributed by atoms with Gasteiger partial charge >= 0.3 is 0 Å². The van der Waals surface area contributed by atoms with E-state index < -0.39 is 25.7 Å². The summed E-state index contributed by atoms with van der Waals surface area (Å²) in [5.74, 6) is 0.213. The van der Waals surface area contributed by atoms with Crippen molar-refractivity contribution in [2.75, 3.05) is 25.1 Å². The van der Waals surface area contributed by atoms with Gasteiger partial charge in [-0.05, 0) is 18.2 Å². The van der Waals surface area contributed by atoms with Crippen LogP contribution in [0, 0.1) is 0 Å². The Hall–Kier alpha value is -1.11. The Morgan fingerprint density at radius 1 is 1.39 bits per heavy atom. The van der Waals surface area contributed by atoms with Gasteiger partial charge in [0.15, 0.2) is 0 Å². The fourth-order valence-corrected chi connectivity index (χ4v) is 1.38. The van der Waals surface area contributed by atoms with Crippen LogP contribution in [0.4, 0.5) is 14.5 Å². The second-order valence-corrected chi connectivity index (χ2v) is 4.00. The summed E-state index contributed by atoms with van der Waals surface area (Å²) in [5.41, 5.74) is 0.385. The van der Waals surface area contributed by atoms with Gasteiger partial charge in [0.25, 0.3) is 6.43 Å². The molecule has 0 saturated carbocycles. The largest absolute Gasteiger partial charge is 0.485 e. The summed E-state index contributed by atoms with van der Waals surface area (Å²) in [6, 6.07) is 4.46. The Morgan fingerprint density at radius 3 is 2.72 bits per heavy atom. The highest BCUT2D eigenvalue weighted by Gasteiger charge is 2.10. The highest BCUT2D eigenvalue weighted by atomic mass is 35.5. The van der Waals surface area contributed by atoms with Crippen LogP contribution in [0.25, 0.3) is 0 Å². The maximum Gasteiger partial charge on any atom is 0.272 e. The van der Waals surface area contributed by atoms with Crippen molar-refractivity contribution in [1.29, 1.82) is 0 Å². The van der Waals surface area contributed by atoms with Gasteiger partial charge in [-0.1, -0.05) is 11.6 Å². The van der Waals surface area contributed by atoms with E-state index in [0.29, 0.717) is 10.7 Å². The fourth-order valence-electron chi connectivity index (χ4n) is 1.21.